The van der Waals surface area contributed by atoms with Crippen molar-refractivity contribution in [3.8, 4) is 0 Å². The summed E-state index contributed by atoms with van der Waals surface area (Å²) in [7, 11) is 0. The zero-order valence-electron chi connectivity index (χ0n) is 10.3. The van der Waals surface area contributed by atoms with Crippen molar-refractivity contribution in [2.75, 3.05) is 19.6 Å². The van der Waals surface area contributed by atoms with E-state index in [1.165, 1.54) is 6.42 Å². The SMILES string of the molecule is O=C(/C=C/CN1CCC1)NC1CCC(O)CC1. The number of hydrogen-bond acceptors (Lipinski definition) is 3. The van der Waals surface area contributed by atoms with Gasteiger partial charge in [0.1, 0.15) is 0 Å². The summed E-state index contributed by atoms with van der Waals surface area (Å²) in [6.45, 7) is 3.20. The molecule has 1 saturated carbocycles. The molecule has 0 unspecified atom stereocenters. The molecule has 1 aliphatic carbocycles. The first kappa shape index (κ1) is 12.6. The van der Waals surface area contributed by atoms with Crippen molar-refractivity contribution < 1.29 is 9.90 Å². The Morgan fingerprint density at radius 2 is 2.00 bits per heavy atom. The second-order valence-electron chi connectivity index (χ2n) is 5.07. The van der Waals surface area contributed by atoms with Crippen molar-refractivity contribution in [3.05, 3.63) is 12.2 Å². The number of hydrogen-bond donors (Lipinski definition) is 2. The summed E-state index contributed by atoms with van der Waals surface area (Å²) in [5.74, 6) is 0.00640. The molecule has 1 heterocycles. The molecular weight excluding hydrogens is 216 g/mol. The minimum Gasteiger partial charge on any atom is -0.393 e. The zero-order chi connectivity index (χ0) is 12.1. The van der Waals surface area contributed by atoms with Gasteiger partial charge < -0.3 is 10.4 Å². The van der Waals surface area contributed by atoms with Gasteiger partial charge in [-0.2, -0.15) is 0 Å². The molecule has 2 fully saturated rings. The summed E-state index contributed by atoms with van der Waals surface area (Å²) in [5.41, 5.74) is 0. The minimum absolute atomic E-state index is 0.00640. The molecule has 0 radical (unpaired) electrons. The number of nitrogens with one attached hydrogen (secondary N) is 1. The molecule has 4 heteroatoms. The highest BCUT2D eigenvalue weighted by Gasteiger charge is 2.19. The van der Waals surface area contributed by atoms with E-state index in [0.717, 1.165) is 45.3 Å². The first-order valence-electron chi connectivity index (χ1n) is 6.61. The quantitative estimate of drug-likeness (QED) is 0.708. The van der Waals surface area contributed by atoms with E-state index in [9.17, 15) is 9.90 Å². The van der Waals surface area contributed by atoms with Crippen LogP contribution in [-0.2, 0) is 4.79 Å². The molecule has 0 atom stereocenters. The molecular formula is C13H22N2O2. The van der Waals surface area contributed by atoms with E-state index in [-0.39, 0.29) is 18.1 Å². The Morgan fingerprint density at radius 3 is 2.59 bits per heavy atom. The molecule has 1 saturated heterocycles. The van der Waals surface area contributed by atoms with Crippen LogP contribution in [0.15, 0.2) is 12.2 Å². The van der Waals surface area contributed by atoms with Gasteiger partial charge in [0, 0.05) is 18.7 Å². The maximum atomic E-state index is 11.6. The third-order valence-electron chi connectivity index (χ3n) is 3.62. The summed E-state index contributed by atoms with van der Waals surface area (Å²) in [5, 5.41) is 12.4. The number of rotatable bonds is 4. The molecule has 4 nitrogen and oxygen atoms in total. The fraction of sp³-hybridized carbons (Fsp3) is 0.769. The number of nitrogens with zero attached hydrogens (tertiary/aromatic N) is 1. The van der Waals surface area contributed by atoms with Crippen LogP contribution in [0.3, 0.4) is 0 Å². The van der Waals surface area contributed by atoms with E-state index in [1.807, 2.05) is 6.08 Å². The molecule has 0 aromatic carbocycles. The first-order chi connectivity index (χ1) is 8.24. The second kappa shape index (κ2) is 6.17. The Bertz CT molecular complexity index is 279. The van der Waals surface area contributed by atoms with Gasteiger partial charge in [0.05, 0.1) is 6.10 Å². The molecule has 96 valence electrons. The van der Waals surface area contributed by atoms with Crippen LogP contribution in [0.2, 0.25) is 0 Å². The minimum atomic E-state index is -0.162. The lowest BCUT2D eigenvalue weighted by atomic mass is 9.93. The van der Waals surface area contributed by atoms with Gasteiger partial charge in [0.25, 0.3) is 0 Å². The third-order valence-corrected chi connectivity index (χ3v) is 3.62. The highest BCUT2D eigenvalue weighted by Crippen LogP contribution is 2.18. The first-order valence-corrected chi connectivity index (χ1v) is 6.61. The van der Waals surface area contributed by atoms with Crippen LogP contribution >= 0.6 is 0 Å². The molecule has 1 aliphatic heterocycles. The van der Waals surface area contributed by atoms with Gasteiger partial charge in [0.2, 0.25) is 5.91 Å². The largest absolute Gasteiger partial charge is 0.393 e. The number of carbonyl (C=O) groups excluding carboxylic acids is 1. The highest BCUT2D eigenvalue weighted by atomic mass is 16.3. The second-order valence-corrected chi connectivity index (χ2v) is 5.07. The van der Waals surface area contributed by atoms with Crippen LogP contribution < -0.4 is 5.32 Å². The van der Waals surface area contributed by atoms with Gasteiger partial charge in [-0.05, 0) is 45.2 Å². The molecule has 2 N–H and O–H groups in total. The smallest absolute Gasteiger partial charge is 0.243 e. The van der Waals surface area contributed by atoms with Crippen molar-refractivity contribution in [2.45, 2.75) is 44.2 Å². The van der Waals surface area contributed by atoms with E-state index in [4.69, 9.17) is 0 Å². The van der Waals surface area contributed by atoms with Gasteiger partial charge in [-0.1, -0.05) is 6.08 Å². The number of amides is 1. The highest BCUT2D eigenvalue weighted by molar-refractivity contribution is 5.87. The number of aliphatic hydroxyl groups is 1. The summed E-state index contributed by atoms with van der Waals surface area (Å²) in [4.78, 5) is 13.9. The van der Waals surface area contributed by atoms with Gasteiger partial charge >= 0.3 is 0 Å². The topological polar surface area (TPSA) is 52.6 Å². The lowest BCUT2D eigenvalue weighted by Gasteiger charge is -2.29. The normalized spacial score (nSPS) is 30.2. The lowest BCUT2D eigenvalue weighted by Crippen LogP contribution is -2.38. The Balaban J connectivity index is 1.62. The Kier molecular flexibility index (Phi) is 4.57. The maximum Gasteiger partial charge on any atom is 0.243 e. The van der Waals surface area contributed by atoms with Crippen molar-refractivity contribution >= 4 is 5.91 Å². The summed E-state index contributed by atoms with van der Waals surface area (Å²) < 4.78 is 0. The summed E-state index contributed by atoms with van der Waals surface area (Å²) in [6, 6.07) is 0.250. The Labute approximate surface area is 103 Å². The van der Waals surface area contributed by atoms with Crippen molar-refractivity contribution in [1.82, 2.24) is 10.2 Å². The van der Waals surface area contributed by atoms with Gasteiger partial charge in [-0.15, -0.1) is 0 Å². The van der Waals surface area contributed by atoms with Gasteiger partial charge in [0.15, 0.2) is 0 Å². The van der Waals surface area contributed by atoms with Crippen LogP contribution in [0.4, 0.5) is 0 Å². The molecule has 2 aliphatic rings. The van der Waals surface area contributed by atoms with Crippen molar-refractivity contribution in [2.24, 2.45) is 0 Å². The molecule has 17 heavy (non-hydrogen) atoms. The third kappa shape index (κ3) is 4.13. The molecule has 0 aromatic heterocycles. The molecule has 0 bridgehead atoms. The van der Waals surface area contributed by atoms with E-state index < -0.39 is 0 Å². The van der Waals surface area contributed by atoms with Crippen LogP contribution in [0, 0.1) is 0 Å². The van der Waals surface area contributed by atoms with Crippen LogP contribution in [0.25, 0.3) is 0 Å². The lowest BCUT2D eigenvalue weighted by molar-refractivity contribution is -0.117. The molecule has 0 spiro atoms. The standard InChI is InChI=1S/C13H22N2O2/c16-12-6-4-11(5-7-12)14-13(17)3-1-8-15-9-2-10-15/h1,3,11-12,16H,2,4-10H2,(H,14,17)/b3-1+. The average Bonchev–Trinajstić information content (AvgIpc) is 2.25. The van der Waals surface area contributed by atoms with Crippen molar-refractivity contribution in [1.29, 1.82) is 0 Å². The van der Waals surface area contributed by atoms with Crippen LogP contribution in [-0.4, -0.2) is 47.7 Å². The van der Waals surface area contributed by atoms with Gasteiger partial charge in [-0.3, -0.25) is 9.69 Å². The summed E-state index contributed by atoms with van der Waals surface area (Å²) >= 11 is 0. The van der Waals surface area contributed by atoms with E-state index >= 15 is 0 Å². The number of carbonyl (C=O) groups is 1. The predicted molar refractivity (Wildman–Crippen MR) is 66.6 cm³/mol. The fourth-order valence-electron chi connectivity index (χ4n) is 2.34. The fourth-order valence-corrected chi connectivity index (χ4v) is 2.34. The molecule has 1 amide bonds. The molecule has 2 rings (SSSR count). The summed E-state index contributed by atoms with van der Waals surface area (Å²) in [6.07, 6.45) is 8.11. The number of aliphatic hydroxyl groups excluding tert-OH is 1. The van der Waals surface area contributed by atoms with E-state index in [2.05, 4.69) is 10.2 Å². The monoisotopic (exact) mass is 238 g/mol. The van der Waals surface area contributed by atoms with Crippen LogP contribution in [0.5, 0.6) is 0 Å². The Hall–Kier alpha value is -0.870. The predicted octanol–water partition coefficient (Wildman–Crippen LogP) is 0.668. The van der Waals surface area contributed by atoms with E-state index in [0.29, 0.717) is 0 Å². The zero-order valence-corrected chi connectivity index (χ0v) is 10.3. The number of likely N-dealkylation sites (tertiary alicyclic amines) is 1. The Morgan fingerprint density at radius 1 is 1.29 bits per heavy atom. The average molecular weight is 238 g/mol. The van der Waals surface area contributed by atoms with E-state index in [1.54, 1.807) is 6.08 Å². The van der Waals surface area contributed by atoms with Crippen LogP contribution in [0.1, 0.15) is 32.1 Å². The van der Waals surface area contributed by atoms with Crippen molar-refractivity contribution in [3.63, 3.8) is 0 Å². The maximum absolute atomic E-state index is 11.6. The molecule has 0 aromatic rings. The van der Waals surface area contributed by atoms with Gasteiger partial charge in [-0.25, -0.2) is 0 Å².